The topological polar surface area (TPSA) is 112 Å². The highest BCUT2D eigenvalue weighted by Gasteiger charge is 2.18. The first kappa shape index (κ1) is 21.6. The van der Waals surface area contributed by atoms with Gasteiger partial charge in [-0.05, 0) is 31.2 Å². The van der Waals surface area contributed by atoms with Crippen molar-refractivity contribution >= 4 is 22.6 Å². The molecule has 1 aromatic heterocycles. The summed E-state index contributed by atoms with van der Waals surface area (Å²) >= 11 is 0. The molecule has 3 aromatic rings. The molecular formula is C22H22N4O5. The Morgan fingerprint density at radius 1 is 1.10 bits per heavy atom. The van der Waals surface area contributed by atoms with Crippen LogP contribution in [0, 0.1) is 0 Å². The average Bonchev–Trinajstić information content (AvgIpc) is 2.81. The van der Waals surface area contributed by atoms with Crippen molar-refractivity contribution in [3.63, 3.8) is 0 Å². The normalized spacial score (nSPS) is 10.4. The molecular weight excluding hydrogens is 400 g/mol. The van der Waals surface area contributed by atoms with E-state index in [-0.39, 0.29) is 16.8 Å². The number of nitrogens with zero attached hydrogens (tertiary/aromatic N) is 2. The molecule has 0 aliphatic heterocycles. The van der Waals surface area contributed by atoms with Crippen LogP contribution >= 0.6 is 0 Å². The summed E-state index contributed by atoms with van der Waals surface area (Å²) in [5, 5.41) is 4.90. The SMILES string of the molecule is C=CCOc1ccc(C(=O)NNC(=O)c2nn(CC)c(=O)c3ccccc23)cc1OC. The molecule has 0 atom stereocenters. The number of rotatable bonds is 7. The van der Waals surface area contributed by atoms with Crippen molar-refractivity contribution in [2.75, 3.05) is 13.7 Å². The van der Waals surface area contributed by atoms with Gasteiger partial charge < -0.3 is 9.47 Å². The second kappa shape index (κ2) is 9.57. The molecule has 0 fully saturated rings. The van der Waals surface area contributed by atoms with E-state index in [1.807, 2.05) is 0 Å². The largest absolute Gasteiger partial charge is 0.493 e. The maximum atomic E-state index is 12.7. The van der Waals surface area contributed by atoms with Gasteiger partial charge in [0.2, 0.25) is 0 Å². The van der Waals surface area contributed by atoms with Gasteiger partial charge in [0.15, 0.2) is 17.2 Å². The van der Waals surface area contributed by atoms with Crippen molar-refractivity contribution in [1.82, 2.24) is 20.6 Å². The van der Waals surface area contributed by atoms with E-state index in [1.54, 1.807) is 43.3 Å². The highest BCUT2D eigenvalue weighted by Crippen LogP contribution is 2.28. The highest BCUT2D eigenvalue weighted by atomic mass is 16.5. The Bertz CT molecular complexity index is 1200. The molecule has 0 saturated heterocycles. The van der Waals surface area contributed by atoms with Crippen LogP contribution in [0.1, 0.15) is 27.8 Å². The zero-order valence-electron chi connectivity index (χ0n) is 17.2. The van der Waals surface area contributed by atoms with E-state index < -0.39 is 11.8 Å². The minimum atomic E-state index is -0.648. The van der Waals surface area contributed by atoms with Crippen molar-refractivity contribution in [1.29, 1.82) is 0 Å². The number of fused-ring (bicyclic) bond motifs is 1. The fourth-order valence-corrected chi connectivity index (χ4v) is 2.94. The van der Waals surface area contributed by atoms with E-state index in [2.05, 4.69) is 22.5 Å². The third-order valence-electron chi connectivity index (χ3n) is 4.45. The van der Waals surface area contributed by atoms with Gasteiger partial charge >= 0.3 is 0 Å². The third kappa shape index (κ3) is 4.55. The Labute approximate surface area is 178 Å². The summed E-state index contributed by atoms with van der Waals surface area (Å²) in [6.45, 7) is 5.93. The summed E-state index contributed by atoms with van der Waals surface area (Å²) in [7, 11) is 1.46. The molecule has 31 heavy (non-hydrogen) atoms. The molecule has 0 aliphatic rings. The Morgan fingerprint density at radius 2 is 1.81 bits per heavy atom. The number of hydrogen-bond donors (Lipinski definition) is 2. The summed E-state index contributed by atoms with van der Waals surface area (Å²) in [6.07, 6.45) is 1.59. The van der Waals surface area contributed by atoms with Crippen LogP contribution in [0.25, 0.3) is 10.8 Å². The van der Waals surface area contributed by atoms with Crippen LogP contribution in [0.3, 0.4) is 0 Å². The number of nitrogens with one attached hydrogen (secondary N) is 2. The first-order valence-electron chi connectivity index (χ1n) is 9.52. The van der Waals surface area contributed by atoms with E-state index in [9.17, 15) is 14.4 Å². The van der Waals surface area contributed by atoms with Crippen LogP contribution in [0.2, 0.25) is 0 Å². The fourth-order valence-electron chi connectivity index (χ4n) is 2.94. The van der Waals surface area contributed by atoms with Crippen molar-refractivity contribution < 1.29 is 19.1 Å². The zero-order valence-corrected chi connectivity index (χ0v) is 17.2. The zero-order chi connectivity index (χ0) is 22.4. The Morgan fingerprint density at radius 3 is 2.48 bits per heavy atom. The van der Waals surface area contributed by atoms with Gasteiger partial charge in [-0.1, -0.05) is 30.9 Å². The molecule has 9 nitrogen and oxygen atoms in total. The molecule has 9 heteroatoms. The van der Waals surface area contributed by atoms with Gasteiger partial charge in [-0.2, -0.15) is 5.10 Å². The van der Waals surface area contributed by atoms with E-state index >= 15 is 0 Å². The molecule has 0 radical (unpaired) electrons. The number of carbonyl (C=O) groups excluding carboxylic acids is 2. The molecule has 3 rings (SSSR count). The van der Waals surface area contributed by atoms with Crippen LogP contribution < -0.4 is 25.9 Å². The van der Waals surface area contributed by atoms with Crippen LogP contribution in [-0.4, -0.2) is 35.3 Å². The maximum absolute atomic E-state index is 12.7. The maximum Gasteiger partial charge on any atom is 0.290 e. The monoisotopic (exact) mass is 422 g/mol. The smallest absolute Gasteiger partial charge is 0.290 e. The molecule has 1 heterocycles. The lowest BCUT2D eigenvalue weighted by molar-refractivity contribution is 0.0843. The quantitative estimate of drug-likeness (QED) is 0.445. The molecule has 0 spiro atoms. The van der Waals surface area contributed by atoms with Gasteiger partial charge in [-0.25, -0.2) is 4.68 Å². The standard InChI is InChI=1S/C22H22N4O5/c1-4-12-31-17-11-10-14(13-18(17)30-3)20(27)23-24-21(28)19-15-8-6-7-9-16(15)22(29)26(5-2)25-19/h4,6-11,13H,1,5,12H2,2-3H3,(H,23,27)(H,24,28). The van der Waals surface area contributed by atoms with Crippen molar-refractivity contribution in [2.45, 2.75) is 13.5 Å². The average molecular weight is 422 g/mol. The van der Waals surface area contributed by atoms with E-state index in [1.165, 1.54) is 23.9 Å². The second-order valence-corrected chi connectivity index (χ2v) is 6.39. The van der Waals surface area contributed by atoms with Gasteiger partial charge in [0.25, 0.3) is 17.4 Å². The molecule has 160 valence electrons. The van der Waals surface area contributed by atoms with Gasteiger partial charge in [-0.3, -0.25) is 25.2 Å². The first-order chi connectivity index (χ1) is 15.0. The summed E-state index contributed by atoms with van der Waals surface area (Å²) in [4.78, 5) is 37.6. The number of hydrogen-bond acceptors (Lipinski definition) is 6. The molecule has 0 aliphatic carbocycles. The van der Waals surface area contributed by atoms with Crippen LogP contribution in [0.5, 0.6) is 11.5 Å². The predicted molar refractivity (Wildman–Crippen MR) is 115 cm³/mol. The van der Waals surface area contributed by atoms with E-state index in [0.717, 1.165) is 0 Å². The van der Waals surface area contributed by atoms with Crippen molar-refractivity contribution in [3.05, 3.63) is 76.7 Å². The van der Waals surface area contributed by atoms with E-state index in [4.69, 9.17) is 9.47 Å². The number of carbonyl (C=O) groups is 2. The lowest BCUT2D eigenvalue weighted by Gasteiger charge is -2.12. The number of aromatic nitrogens is 2. The van der Waals surface area contributed by atoms with Gasteiger partial charge in [0, 0.05) is 17.5 Å². The molecule has 2 aromatic carbocycles. The number of ether oxygens (including phenoxy) is 2. The third-order valence-corrected chi connectivity index (χ3v) is 4.45. The van der Waals surface area contributed by atoms with Gasteiger partial charge in [0.05, 0.1) is 12.5 Å². The number of amides is 2. The molecule has 0 saturated carbocycles. The van der Waals surface area contributed by atoms with Crippen LogP contribution in [0.15, 0.2) is 59.9 Å². The predicted octanol–water partition coefficient (Wildman–Crippen LogP) is 2.06. The van der Waals surface area contributed by atoms with Crippen molar-refractivity contribution in [3.8, 4) is 11.5 Å². The Hall–Kier alpha value is -4.14. The van der Waals surface area contributed by atoms with E-state index in [0.29, 0.717) is 35.4 Å². The molecule has 2 N–H and O–H groups in total. The molecule has 0 unspecified atom stereocenters. The Balaban J connectivity index is 1.80. The highest BCUT2D eigenvalue weighted by molar-refractivity contribution is 6.06. The number of hydrazine groups is 1. The van der Waals surface area contributed by atoms with Crippen LogP contribution in [0.4, 0.5) is 0 Å². The second-order valence-electron chi connectivity index (χ2n) is 6.39. The van der Waals surface area contributed by atoms with Gasteiger partial charge in [0.1, 0.15) is 6.61 Å². The lowest BCUT2D eigenvalue weighted by atomic mass is 10.1. The molecule has 2 amide bonds. The number of methoxy groups -OCH3 is 1. The van der Waals surface area contributed by atoms with Gasteiger partial charge in [-0.15, -0.1) is 0 Å². The minimum absolute atomic E-state index is 0.0307. The van der Waals surface area contributed by atoms with Crippen LogP contribution in [-0.2, 0) is 6.54 Å². The Kier molecular flexibility index (Phi) is 6.66. The molecule has 0 bridgehead atoms. The van der Waals surface area contributed by atoms with Crippen molar-refractivity contribution in [2.24, 2.45) is 0 Å². The summed E-state index contributed by atoms with van der Waals surface area (Å²) in [5.74, 6) is -0.385. The fraction of sp³-hybridized carbons (Fsp3) is 0.182. The lowest BCUT2D eigenvalue weighted by Crippen LogP contribution is -2.42. The number of benzene rings is 2. The summed E-state index contributed by atoms with van der Waals surface area (Å²) in [5.41, 5.74) is 4.69. The summed E-state index contributed by atoms with van der Waals surface area (Å²) < 4.78 is 11.9. The number of aryl methyl sites for hydroxylation is 1. The first-order valence-corrected chi connectivity index (χ1v) is 9.52. The minimum Gasteiger partial charge on any atom is -0.493 e. The summed E-state index contributed by atoms with van der Waals surface area (Å²) in [6, 6.07) is 11.3.